The zero-order chi connectivity index (χ0) is 78.1. The summed E-state index contributed by atoms with van der Waals surface area (Å²) in [6, 6.07) is 20.7. The van der Waals surface area contributed by atoms with Gasteiger partial charge in [-0.05, 0) is 106 Å². The molecule has 0 saturated carbocycles. The number of fused-ring (bicyclic) bond motifs is 3. The summed E-state index contributed by atoms with van der Waals surface area (Å²) in [5, 5.41) is 5.44. The van der Waals surface area contributed by atoms with Gasteiger partial charge in [0.1, 0.15) is 0 Å². The van der Waals surface area contributed by atoms with Gasteiger partial charge in [-0.2, -0.15) is 0 Å². The number of ketones is 1. The van der Waals surface area contributed by atoms with Crippen LogP contribution in [0.15, 0.2) is 141 Å². The molecule has 0 spiro atoms. The summed E-state index contributed by atoms with van der Waals surface area (Å²) in [7, 11) is 5.63. The number of hydrogen-bond acceptors (Lipinski definition) is 30. The molecule has 0 atom stereocenters. The first-order chi connectivity index (χ1) is 53.7. The van der Waals surface area contributed by atoms with E-state index in [4.69, 9.17) is 61.3 Å². The molecule has 4 amide bonds. The highest BCUT2D eigenvalue weighted by atomic mass is 32.1. The number of hydrogen-bond donors (Lipinski definition) is 5. The molecule has 3 aliphatic heterocycles. The molecule has 111 heavy (non-hydrogen) atoms. The quantitative estimate of drug-likeness (QED) is 0.0351. The SMILES string of the molecule is C=CC(=O)Nc1ccc(C(=O)N(C)Cc2cc3nc(-c4cnc(N)nc4)nc(N4CCOCC4)c3s2)cc1.C=CC(=O)Nc1ccc(CN(C)Cc2cc3nc(-c4cnc(N)nc4)nc(N4CCOCC4)c3s2)cc1.CC(C)=CC(=O)CCCC(=O)N(C)Cc1cc2nc(-c3cnc(N)nc3)nc(N3CCOCC3)c2s1. The van der Waals surface area contributed by atoms with Crippen molar-refractivity contribution in [2.45, 2.75) is 59.3 Å². The first kappa shape index (κ1) is 78.8. The Labute approximate surface area is 652 Å². The van der Waals surface area contributed by atoms with E-state index in [1.807, 2.05) is 50.2 Å². The normalized spacial score (nSPS) is 13.5. The number of nitrogen functional groups attached to an aromatic ring is 3. The van der Waals surface area contributed by atoms with Crippen molar-refractivity contribution in [3.8, 4) is 34.2 Å². The van der Waals surface area contributed by atoms with Gasteiger partial charge in [0.25, 0.3) is 5.91 Å². The van der Waals surface area contributed by atoms with Gasteiger partial charge in [-0.1, -0.05) is 30.9 Å². The van der Waals surface area contributed by atoms with Crippen LogP contribution in [-0.4, -0.2) is 204 Å². The van der Waals surface area contributed by atoms with Crippen molar-refractivity contribution in [2.75, 3.05) is 143 Å². The van der Waals surface area contributed by atoms with E-state index in [-0.39, 0.29) is 47.3 Å². The molecule has 9 aromatic heterocycles. The van der Waals surface area contributed by atoms with Crippen molar-refractivity contribution < 1.29 is 38.2 Å². The van der Waals surface area contributed by atoms with Gasteiger partial charge in [0, 0.05) is 148 Å². The smallest absolute Gasteiger partial charge is 0.253 e. The third-order valence-electron chi connectivity index (χ3n) is 17.6. The number of nitrogens with two attached hydrogens (primary N) is 3. The molecule has 0 unspecified atom stereocenters. The highest BCUT2D eigenvalue weighted by Crippen LogP contribution is 2.39. The second-order valence-corrected chi connectivity index (χ2v) is 29.9. The van der Waals surface area contributed by atoms with Crippen LogP contribution in [0.1, 0.15) is 63.7 Å². The number of rotatable bonds is 24. The lowest BCUT2D eigenvalue weighted by atomic mass is 10.1. The van der Waals surface area contributed by atoms with Gasteiger partial charge < -0.3 is 66.5 Å². The molecule has 31 nitrogen and oxygen atoms in total. The summed E-state index contributed by atoms with van der Waals surface area (Å²) in [5.74, 6) is 4.21. The van der Waals surface area contributed by atoms with Gasteiger partial charge in [-0.15, -0.1) is 34.0 Å². The van der Waals surface area contributed by atoms with Crippen LogP contribution in [-0.2, 0) is 59.6 Å². The van der Waals surface area contributed by atoms with Crippen LogP contribution in [0.4, 0.5) is 46.7 Å². The summed E-state index contributed by atoms with van der Waals surface area (Å²) >= 11 is 4.88. The molecule has 0 bridgehead atoms. The maximum Gasteiger partial charge on any atom is 0.253 e. The highest BCUT2D eigenvalue weighted by Gasteiger charge is 2.26. The highest BCUT2D eigenvalue weighted by molar-refractivity contribution is 7.20. The topological polar surface area (TPSA) is 389 Å². The number of ether oxygens (including phenoxy) is 3. The van der Waals surface area contributed by atoms with E-state index in [2.05, 4.69) is 86.4 Å². The minimum Gasteiger partial charge on any atom is -0.378 e. The van der Waals surface area contributed by atoms with Crippen molar-refractivity contribution in [1.82, 2.24) is 74.5 Å². The molecule has 34 heteroatoms. The van der Waals surface area contributed by atoms with E-state index in [1.165, 1.54) is 17.0 Å². The number of allylic oxidation sites excluding steroid dienone is 2. The van der Waals surface area contributed by atoms with Crippen molar-refractivity contribution >= 4 is 141 Å². The molecule has 0 aliphatic carbocycles. The van der Waals surface area contributed by atoms with E-state index in [0.717, 1.165) is 133 Å². The van der Waals surface area contributed by atoms with Gasteiger partial charge in [0.05, 0.1) is 100 Å². The van der Waals surface area contributed by atoms with Gasteiger partial charge in [-0.3, -0.25) is 28.9 Å². The Hall–Kier alpha value is -11.8. The molecule has 8 N–H and O–H groups in total. The average molecular weight is 1560 g/mol. The third kappa shape index (κ3) is 21.0. The lowest BCUT2D eigenvalue weighted by Gasteiger charge is -2.28. The number of amides is 4. The molecule has 574 valence electrons. The van der Waals surface area contributed by atoms with E-state index in [9.17, 15) is 24.0 Å². The maximum absolute atomic E-state index is 13.1. The molecule has 12 heterocycles. The fourth-order valence-corrected chi connectivity index (χ4v) is 15.6. The van der Waals surface area contributed by atoms with Crippen LogP contribution in [0.2, 0.25) is 0 Å². The lowest BCUT2D eigenvalue weighted by Crippen LogP contribution is -2.36. The van der Waals surface area contributed by atoms with E-state index >= 15 is 0 Å². The second-order valence-electron chi connectivity index (χ2n) is 26.5. The van der Waals surface area contributed by atoms with Crippen LogP contribution in [0.25, 0.3) is 64.8 Å². The molecule has 0 radical (unpaired) electrons. The number of nitrogens with zero attached hydrogens (tertiary/aromatic N) is 18. The predicted octanol–water partition coefficient (Wildman–Crippen LogP) is 9.52. The van der Waals surface area contributed by atoms with Crippen LogP contribution >= 0.6 is 34.0 Å². The first-order valence-electron chi connectivity index (χ1n) is 35.7. The number of carbonyl (C=O) groups excluding carboxylic acids is 5. The monoisotopic (exact) mass is 1560 g/mol. The fraction of sp³-hybridized carbons (Fsp3) is 0.312. The number of anilines is 8. The standard InChI is InChI=1S/C26H26N8O3S.C26H28N8O2S.C25H31N7O3S/c1-3-21(35)30-18-6-4-16(5-7-18)25(36)33(2)15-19-12-20-22(38-19)24(34-8-10-37-11-9-34)32-23(31-20)17-13-28-26(27)29-14-17;1-3-22(35)30-19-6-4-17(5-7-19)15-33(2)16-20-12-21-23(37-20)25(34-8-10-36-11-9-34)32-24(31-21)18-13-28-26(27)29-14-18;1-16(2)11-18(33)5-4-6-21(34)31(3)15-19-12-20-22(36-19)24(32-7-9-35-10-8-32)30-23(29-20)17-13-27-25(26)28-14-17/h3-7,12-14H,1,8-11,15H2,2H3,(H,30,35)(H2,27,28,29);3-7,12-14H,1,8-11,15-16H2,2H3,(H,30,35)(H2,27,28,29);11-14H,4-10,15H2,1-3H3,(H2,26,27,28). The fourth-order valence-electron chi connectivity index (χ4n) is 12.1. The van der Waals surface area contributed by atoms with Crippen molar-refractivity contribution in [3.05, 3.63) is 167 Å². The van der Waals surface area contributed by atoms with Crippen LogP contribution in [0.5, 0.6) is 0 Å². The summed E-state index contributed by atoms with van der Waals surface area (Å²) in [6.07, 6.45) is 15.1. The van der Waals surface area contributed by atoms with Crippen molar-refractivity contribution in [1.29, 1.82) is 0 Å². The van der Waals surface area contributed by atoms with Gasteiger partial charge in [0.15, 0.2) is 40.7 Å². The number of aromatic nitrogens is 12. The Morgan fingerprint density at radius 2 is 0.847 bits per heavy atom. The number of benzene rings is 2. The second kappa shape index (κ2) is 37.1. The largest absolute Gasteiger partial charge is 0.378 e. The number of nitrogens with one attached hydrogen (secondary N) is 2. The molecule has 14 rings (SSSR count). The zero-order valence-electron chi connectivity index (χ0n) is 62.2. The number of carbonyl (C=O) groups is 5. The first-order valence-corrected chi connectivity index (χ1v) is 38.2. The molecule has 3 fully saturated rings. The Bertz CT molecular complexity index is 5160. The maximum atomic E-state index is 13.1. The molecular formula is C77H85N23O8S3. The van der Waals surface area contributed by atoms with Gasteiger partial charge in [0.2, 0.25) is 35.6 Å². The third-order valence-corrected chi connectivity index (χ3v) is 20.9. The predicted molar refractivity (Wildman–Crippen MR) is 434 cm³/mol. The summed E-state index contributed by atoms with van der Waals surface area (Å²) in [6.45, 7) is 21.4. The Morgan fingerprint density at radius 1 is 0.486 bits per heavy atom. The Balaban J connectivity index is 0.000000155. The summed E-state index contributed by atoms with van der Waals surface area (Å²) in [5.41, 5.74) is 25.5. The number of morpholine rings is 3. The minimum absolute atomic E-state index is 0.0108. The Morgan fingerprint density at radius 3 is 1.22 bits per heavy atom. The van der Waals surface area contributed by atoms with Crippen LogP contribution < -0.4 is 42.5 Å². The zero-order valence-corrected chi connectivity index (χ0v) is 64.6. The molecule has 3 aliphatic rings. The lowest BCUT2D eigenvalue weighted by molar-refractivity contribution is -0.130. The van der Waals surface area contributed by atoms with Gasteiger partial charge >= 0.3 is 0 Å². The minimum atomic E-state index is -0.308. The molecule has 3 saturated heterocycles. The van der Waals surface area contributed by atoms with Crippen molar-refractivity contribution in [3.63, 3.8) is 0 Å². The molecular weight excluding hydrogens is 1470 g/mol. The van der Waals surface area contributed by atoms with E-state index in [1.54, 1.807) is 125 Å². The van der Waals surface area contributed by atoms with E-state index < -0.39 is 0 Å². The summed E-state index contributed by atoms with van der Waals surface area (Å²) in [4.78, 5) is 130. The van der Waals surface area contributed by atoms with Crippen LogP contribution in [0.3, 0.4) is 0 Å². The average Bonchev–Trinajstić information content (AvgIpc) is 1.66. The van der Waals surface area contributed by atoms with Gasteiger partial charge in [-0.25, -0.2) is 59.8 Å². The van der Waals surface area contributed by atoms with Crippen molar-refractivity contribution in [2.24, 2.45) is 0 Å². The molecule has 11 aromatic rings. The molecule has 2 aromatic carbocycles. The summed E-state index contributed by atoms with van der Waals surface area (Å²) < 4.78 is 19.6. The van der Waals surface area contributed by atoms with E-state index in [0.29, 0.717) is 112 Å². The number of thiophene rings is 3. The Kier molecular flexibility index (Phi) is 26.3. The van der Waals surface area contributed by atoms with Crippen LogP contribution in [0, 0.1) is 0 Å².